The van der Waals surface area contributed by atoms with Crippen LogP contribution in [0.5, 0.6) is 0 Å². The second-order valence-corrected chi connectivity index (χ2v) is 13.2. The molecule has 3 N–H and O–H groups in total. The normalized spacial score (nSPS) is 22.4. The van der Waals surface area contributed by atoms with E-state index in [1.165, 1.54) is 6.92 Å². The summed E-state index contributed by atoms with van der Waals surface area (Å²) in [5.41, 5.74) is 2.81. The molecule has 5 atom stereocenters. The molecule has 9 nitrogen and oxygen atoms in total. The number of hydrogen-bond acceptors (Lipinski definition) is 6. The monoisotopic (exact) mass is 625 g/mol. The Kier molecular flexibility index (Phi) is 12.3. The van der Waals surface area contributed by atoms with Crippen molar-refractivity contribution in [3.63, 3.8) is 0 Å². The topological polar surface area (TPSA) is 124 Å². The second-order valence-electron chi connectivity index (χ2n) is 11.2. The first-order valence-electron chi connectivity index (χ1n) is 15.1. The maximum absolute atomic E-state index is 13.2. The van der Waals surface area contributed by atoms with Gasteiger partial charge < -0.3 is 34.1 Å². The van der Waals surface area contributed by atoms with Crippen LogP contribution in [-0.2, 0) is 48.1 Å². The first-order chi connectivity index (χ1) is 21.2. The molecule has 0 bridgehead atoms. The Morgan fingerprint density at radius 3 is 1.68 bits per heavy atom. The number of carbonyl (C=O) groups excluding carboxylic acids is 1. The smallest absolute Gasteiger partial charge is 0.334 e. The molecule has 0 radical (unpaired) electrons. The number of amides is 1. The van der Waals surface area contributed by atoms with Crippen molar-refractivity contribution in [3.8, 4) is 0 Å². The lowest BCUT2D eigenvalue weighted by Crippen LogP contribution is -2.70. The predicted molar refractivity (Wildman–Crippen MR) is 168 cm³/mol. The third kappa shape index (κ3) is 8.43. The van der Waals surface area contributed by atoms with Gasteiger partial charge in [-0.05, 0) is 29.5 Å². The van der Waals surface area contributed by atoms with Crippen LogP contribution in [0.3, 0.4) is 0 Å². The predicted octanol–water partition coefficient (Wildman–Crippen LogP) is 5.38. The Labute approximate surface area is 260 Å². The standard InChI is InChI=1S/C34H44NO8P/c1-4-34(5-2,44(37,38)39)33-30(35-25(3)36)32(42-23-28-19-13-8-14-20-28)31(41-22-27-17-11-7-12-18-27)29(43-33)24-40-21-26-15-9-6-10-16-26/h6-20,29-33H,4-5,21-24H2,1-3H3,(H,35,36)(H2,37,38,39)/t29-,30-,31-,32-,33+/m1/s1. The maximum Gasteiger partial charge on any atom is 0.334 e. The molecule has 238 valence electrons. The molecule has 0 aromatic heterocycles. The van der Waals surface area contributed by atoms with E-state index in [0.29, 0.717) is 6.61 Å². The van der Waals surface area contributed by atoms with Gasteiger partial charge in [0.25, 0.3) is 0 Å². The highest BCUT2D eigenvalue weighted by Gasteiger charge is 2.60. The molecule has 1 aliphatic heterocycles. The Hall–Kier alpha value is -2.88. The van der Waals surface area contributed by atoms with Crippen LogP contribution < -0.4 is 5.32 Å². The van der Waals surface area contributed by atoms with Gasteiger partial charge in [0.05, 0.1) is 43.7 Å². The Morgan fingerprint density at radius 1 is 0.795 bits per heavy atom. The van der Waals surface area contributed by atoms with Gasteiger partial charge in [0.2, 0.25) is 5.91 Å². The van der Waals surface area contributed by atoms with Crippen molar-refractivity contribution in [3.05, 3.63) is 108 Å². The summed E-state index contributed by atoms with van der Waals surface area (Å²) in [5, 5.41) is 1.36. The van der Waals surface area contributed by atoms with E-state index in [0.717, 1.165) is 16.7 Å². The molecule has 3 aromatic rings. The van der Waals surface area contributed by atoms with E-state index in [9.17, 15) is 19.1 Å². The average Bonchev–Trinajstić information content (AvgIpc) is 3.02. The lowest BCUT2D eigenvalue weighted by Gasteiger charge is -2.52. The van der Waals surface area contributed by atoms with Crippen LogP contribution >= 0.6 is 7.60 Å². The summed E-state index contributed by atoms with van der Waals surface area (Å²) in [6.45, 7) is 5.65. The number of nitrogens with one attached hydrogen (secondary N) is 1. The SMILES string of the molecule is CCC(CC)([C@H]1O[C@H](COCc2ccccc2)[C@@H](OCc2ccccc2)[C@H](OCc2ccccc2)[C@H]1NC(C)=O)P(=O)(O)O. The van der Waals surface area contributed by atoms with Gasteiger partial charge in [-0.2, -0.15) is 0 Å². The van der Waals surface area contributed by atoms with Crippen molar-refractivity contribution in [1.82, 2.24) is 5.32 Å². The average molecular weight is 626 g/mol. The summed E-state index contributed by atoms with van der Waals surface area (Å²) in [6, 6.07) is 28.1. The van der Waals surface area contributed by atoms with Crippen molar-refractivity contribution in [2.45, 2.75) is 89.0 Å². The first kappa shape index (κ1) is 34.0. The minimum Gasteiger partial charge on any atom is -0.374 e. The molecule has 3 aromatic carbocycles. The quantitative estimate of drug-likeness (QED) is 0.192. The Balaban J connectivity index is 1.75. The third-order valence-electron chi connectivity index (χ3n) is 8.36. The van der Waals surface area contributed by atoms with Crippen LogP contribution in [0.25, 0.3) is 0 Å². The summed E-state index contributed by atoms with van der Waals surface area (Å²) < 4.78 is 39.1. The van der Waals surface area contributed by atoms with Gasteiger partial charge in [-0.15, -0.1) is 0 Å². The fourth-order valence-electron chi connectivity index (χ4n) is 5.96. The molecule has 44 heavy (non-hydrogen) atoms. The third-order valence-corrected chi connectivity index (χ3v) is 10.4. The molecule has 4 rings (SSSR count). The van der Waals surface area contributed by atoms with E-state index in [4.69, 9.17) is 18.9 Å². The molecule has 0 aliphatic carbocycles. The van der Waals surface area contributed by atoms with E-state index in [1.54, 1.807) is 13.8 Å². The van der Waals surface area contributed by atoms with Gasteiger partial charge in [0.15, 0.2) is 0 Å². The maximum atomic E-state index is 13.2. The van der Waals surface area contributed by atoms with Crippen molar-refractivity contribution >= 4 is 13.5 Å². The Morgan fingerprint density at radius 2 is 1.25 bits per heavy atom. The van der Waals surface area contributed by atoms with E-state index in [1.807, 2.05) is 91.0 Å². The molecular formula is C34H44NO8P. The zero-order chi connectivity index (χ0) is 31.6. The summed E-state index contributed by atoms with van der Waals surface area (Å²) in [6.07, 6.45) is -3.19. The molecule has 1 amide bonds. The van der Waals surface area contributed by atoms with Gasteiger partial charge in [-0.25, -0.2) is 0 Å². The molecule has 1 fully saturated rings. The molecule has 0 spiro atoms. The van der Waals surface area contributed by atoms with Gasteiger partial charge in [0.1, 0.15) is 18.3 Å². The highest BCUT2D eigenvalue weighted by molar-refractivity contribution is 7.53. The van der Waals surface area contributed by atoms with E-state index in [-0.39, 0.29) is 38.6 Å². The lowest BCUT2D eigenvalue weighted by molar-refractivity contribution is -0.240. The van der Waals surface area contributed by atoms with Crippen LogP contribution in [-0.4, -0.2) is 57.9 Å². The zero-order valence-corrected chi connectivity index (χ0v) is 26.5. The minimum absolute atomic E-state index is 0.0769. The highest BCUT2D eigenvalue weighted by Crippen LogP contribution is 2.59. The zero-order valence-electron chi connectivity index (χ0n) is 25.6. The second kappa shape index (κ2) is 15.9. The molecule has 1 aliphatic rings. The Bertz CT molecular complexity index is 1330. The number of hydrogen-bond donors (Lipinski definition) is 3. The van der Waals surface area contributed by atoms with Crippen molar-refractivity contribution in [2.24, 2.45) is 0 Å². The first-order valence-corrected chi connectivity index (χ1v) is 16.7. The van der Waals surface area contributed by atoms with E-state index in [2.05, 4.69) is 5.32 Å². The fraction of sp³-hybridized carbons (Fsp3) is 0.441. The van der Waals surface area contributed by atoms with Crippen LogP contribution in [0.4, 0.5) is 0 Å². The van der Waals surface area contributed by atoms with Crippen molar-refractivity contribution in [2.75, 3.05) is 6.61 Å². The van der Waals surface area contributed by atoms with Crippen LogP contribution in [0.15, 0.2) is 91.0 Å². The molecule has 0 unspecified atom stereocenters. The molecule has 0 saturated carbocycles. The van der Waals surface area contributed by atoms with Crippen molar-refractivity contribution in [1.29, 1.82) is 0 Å². The molecule has 1 saturated heterocycles. The number of benzene rings is 3. The van der Waals surface area contributed by atoms with E-state index >= 15 is 0 Å². The molecule has 1 heterocycles. The number of rotatable bonds is 15. The van der Waals surface area contributed by atoms with Crippen LogP contribution in [0, 0.1) is 0 Å². The molecular weight excluding hydrogens is 581 g/mol. The molecule has 10 heteroatoms. The lowest BCUT2D eigenvalue weighted by atomic mass is 9.82. The number of carbonyl (C=O) groups is 1. The van der Waals surface area contributed by atoms with Gasteiger partial charge in [0, 0.05) is 6.92 Å². The fourth-order valence-corrected chi connectivity index (χ4v) is 7.33. The summed E-state index contributed by atoms with van der Waals surface area (Å²) >= 11 is 0. The minimum atomic E-state index is -4.76. The van der Waals surface area contributed by atoms with Crippen molar-refractivity contribution < 1.29 is 38.1 Å². The van der Waals surface area contributed by atoms with Crippen LogP contribution in [0.2, 0.25) is 0 Å². The number of ether oxygens (including phenoxy) is 4. The highest BCUT2D eigenvalue weighted by atomic mass is 31.2. The van der Waals surface area contributed by atoms with Gasteiger partial charge in [-0.1, -0.05) is 105 Å². The summed E-state index contributed by atoms with van der Waals surface area (Å²) in [7, 11) is -4.76. The van der Waals surface area contributed by atoms with Gasteiger partial charge >= 0.3 is 7.60 Å². The van der Waals surface area contributed by atoms with Crippen LogP contribution in [0.1, 0.15) is 50.3 Å². The summed E-state index contributed by atoms with van der Waals surface area (Å²) in [5.74, 6) is -0.371. The summed E-state index contributed by atoms with van der Waals surface area (Å²) in [4.78, 5) is 34.2. The van der Waals surface area contributed by atoms with E-state index < -0.39 is 43.2 Å². The van der Waals surface area contributed by atoms with Gasteiger partial charge in [-0.3, -0.25) is 9.36 Å². The largest absolute Gasteiger partial charge is 0.374 e.